The van der Waals surface area contributed by atoms with Crippen molar-refractivity contribution in [3.8, 4) is 0 Å². The Morgan fingerprint density at radius 1 is 0.913 bits per heavy atom. The first-order chi connectivity index (χ1) is 10.9. The van der Waals surface area contributed by atoms with Gasteiger partial charge in [0, 0.05) is 22.7 Å². The minimum atomic E-state index is -0.860. The van der Waals surface area contributed by atoms with Crippen molar-refractivity contribution >= 4 is 52.2 Å². The smallest absolute Gasteiger partial charge is 0.296 e. The summed E-state index contributed by atoms with van der Waals surface area (Å²) in [5, 5.41) is 5.61. The van der Waals surface area contributed by atoms with Gasteiger partial charge >= 0.3 is 0 Å². The molecule has 23 heavy (non-hydrogen) atoms. The fourth-order valence-electron chi connectivity index (χ4n) is 1.92. The Hall–Kier alpha value is -2.37. The number of rotatable bonds is 4. The molecular formula is C16H12Cl2N2O3. The lowest BCUT2D eigenvalue weighted by atomic mass is 10.1. The highest BCUT2D eigenvalue weighted by Gasteiger charge is 2.20. The number of amides is 2. The average Bonchev–Trinajstić information content (AvgIpc) is 2.45. The Bertz CT molecular complexity index is 770. The number of nitrogens with one attached hydrogen (secondary N) is 2. The van der Waals surface area contributed by atoms with Gasteiger partial charge in [-0.25, -0.2) is 0 Å². The van der Waals surface area contributed by atoms with Gasteiger partial charge < -0.3 is 10.6 Å². The minimum Gasteiger partial charge on any atom is -0.326 e. The number of ketones is 1. The van der Waals surface area contributed by atoms with Crippen LogP contribution < -0.4 is 10.6 Å². The van der Waals surface area contributed by atoms with Crippen molar-refractivity contribution in [1.29, 1.82) is 0 Å². The zero-order valence-corrected chi connectivity index (χ0v) is 13.5. The first kappa shape index (κ1) is 17.0. The second kappa shape index (κ2) is 7.26. The molecule has 0 aliphatic heterocycles. The van der Waals surface area contributed by atoms with Crippen molar-refractivity contribution in [2.24, 2.45) is 0 Å². The van der Waals surface area contributed by atoms with Gasteiger partial charge in [0.25, 0.3) is 11.7 Å². The highest BCUT2D eigenvalue weighted by molar-refractivity contribution is 6.47. The summed E-state index contributed by atoms with van der Waals surface area (Å²) in [7, 11) is 0. The normalized spacial score (nSPS) is 10.0. The molecule has 0 spiro atoms. The highest BCUT2D eigenvalue weighted by atomic mass is 35.5. The van der Waals surface area contributed by atoms with Crippen molar-refractivity contribution in [3.63, 3.8) is 0 Å². The topological polar surface area (TPSA) is 75.3 Å². The van der Waals surface area contributed by atoms with E-state index in [1.165, 1.54) is 37.3 Å². The van der Waals surface area contributed by atoms with Crippen molar-refractivity contribution < 1.29 is 14.4 Å². The Kier molecular flexibility index (Phi) is 5.36. The molecule has 2 N–H and O–H groups in total. The second-order valence-electron chi connectivity index (χ2n) is 4.67. The van der Waals surface area contributed by atoms with Crippen LogP contribution >= 0.6 is 23.2 Å². The molecule has 0 aliphatic rings. The van der Waals surface area contributed by atoms with E-state index in [2.05, 4.69) is 10.6 Å². The third-order valence-electron chi connectivity index (χ3n) is 2.81. The van der Waals surface area contributed by atoms with Gasteiger partial charge in [-0.15, -0.1) is 0 Å². The molecule has 5 nitrogen and oxygen atoms in total. The summed E-state index contributed by atoms with van der Waals surface area (Å²) in [5.74, 6) is -1.99. The molecule has 2 aromatic carbocycles. The van der Waals surface area contributed by atoms with Gasteiger partial charge in [0.1, 0.15) is 0 Å². The summed E-state index contributed by atoms with van der Waals surface area (Å²) in [5.41, 5.74) is 0.662. The summed E-state index contributed by atoms with van der Waals surface area (Å²) in [4.78, 5) is 35.6. The van der Waals surface area contributed by atoms with Crippen LogP contribution in [0.4, 0.5) is 11.4 Å². The first-order valence-electron chi connectivity index (χ1n) is 6.55. The minimum absolute atomic E-state index is 0.0910. The van der Waals surface area contributed by atoms with Crippen LogP contribution in [0.3, 0.4) is 0 Å². The molecule has 0 heterocycles. The Balaban J connectivity index is 2.23. The highest BCUT2D eigenvalue weighted by Crippen LogP contribution is 2.23. The third-order valence-corrected chi connectivity index (χ3v) is 3.25. The van der Waals surface area contributed by atoms with E-state index in [1.807, 2.05) is 0 Å². The Morgan fingerprint density at radius 3 is 2.13 bits per heavy atom. The molecular weight excluding hydrogens is 339 g/mol. The molecule has 2 aromatic rings. The van der Waals surface area contributed by atoms with E-state index < -0.39 is 11.7 Å². The first-order valence-corrected chi connectivity index (χ1v) is 7.31. The third kappa shape index (κ3) is 4.55. The number of carbonyl (C=O) groups excluding carboxylic acids is 3. The number of benzene rings is 2. The molecule has 0 aromatic heterocycles. The van der Waals surface area contributed by atoms with E-state index in [-0.39, 0.29) is 17.2 Å². The van der Waals surface area contributed by atoms with Crippen LogP contribution in [0.25, 0.3) is 0 Å². The number of para-hydroxylation sites is 1. The Labute approximate surface area is 142 Å². The predicted octanol–water partition coefficient (Wildman–Crippen LogP) is 3.77. The number of hydrogen-bond donors (Lipinski definition) is 2. The lowest BCUT2D eigenvalue weighted by Crippen LogP contribution is -2.24. The van der Waals surface area contributed by atoms with Crippen LogP contribution in [-0.2, 0) is 9.59 Å². The van der Waals surface area contributed by atoms with Crippen LogP contribution in [0.5, 0.6) is 0 Å². The maximum Gasteiger partial charge on any atom is 0.296 e. The van der Waals surface area contributed by atoms with Crippen molar-refractivity contribution in [2.45, 2.75) is 6.92 Å². The average molecular weight is 351 g/mol. The van der Waals surface area contributed by atoms with Crippen LogP contribution in [0.15, 0.2) is 42.5 Å². The van der Waals surface area contributed by atoms with Gasteiger partial charge in [-0.1, -0.05) is 35.3 Å². The molecule has 0 radical (unpaired) electrons. The largest absolute Gasteiger partial charge is 0.326 e. The molecule has 7 heteroatoms. The van der Waals surface area contributed by atoms with Crippen molar-refractivity contribution in [2.75, 3.05) is 10.6 Å². The molecule has 2 rings (SSSR count). The zero-order chi connectivity index (χ0) is 17.0. The van der Waals surface area contributed by atoms with E-state index in [1.54, 1.807) is 12.1 Å². The van der Waals surface area contributed by atoms with Gasteiger partial charge in [0.05, 0.1) is 11.3 Å². The number of hydrogen-bond acceptors (Lipinski definition) is 3. The molecule has 2 amide bonds. The quantitative estimate of drug-likeness (QED) is 0.650. The molecule has 0 saturated heterocycles. The molecule has 0 fully saturated rings. The van der Waals surface area contributed by atoms with E-state index >= 15 is 0 Å². The monoisotopic (exact) mass is 350 g/mol. The van der Waals surface area contributed by atoms with Gasteiger partial charge in [0.15, 0.2) is 0 Å². The van der Waals surface area contributed by atoms with Crippen molar-refractivity contribution in [1.82, 2.24) is 0 Å². The van der Waals surface area contributed by atoms with E-state index in [0.717, 1.165) is 0 Å². The number of carbonyl (C=O) groups is 3. The summed E-state index contributed by atoms with van der Waals surface area (Å²) in [6.45, 7) is 1.31. The molecule has 0 atom stereocenters. The standard InChI is InChI=1S/C16H12Cl2N2O3/c1-9(21)19-14-5-3-2-4-13(14)15(22)16(23)20-12-7-10(17)6-11(18)8-12/h2-8H,1H3,(H,19,21)(H,20,23). The van der Waals surface area contributed by atoms with Crippen molar-refractivity contribution in [3.05, 3.63) is 58.1 Å². The summed E-state index contributed by atoms with van der Waals surface area (Å²) in [6, 6.07) is 10.7. The van der Waals surface area contributed by atoms with Gasteiger partial charge in [-0.2, -0.15) is 0 Å². The van der Waals surface area contributed by atoms with Gasteiger partial charge in [-0.05, 0) is 30.3 Å². The van der Waals surface area contributed by atoms with Gasteiger partial charge in [0.2, 0.25) is 5.91 Å². The lowest BCUT2D eigenvalue weighted by molar-refractivity contribution is -0.114. The van der Waals surface area contributed by atoms with Crippen LogP contribution in [-0.4, -0.2) is 17.6 Å². The molecule has 0 unspecified atom stereocenters. The fraction of sp³-hybridized carbons (Fsp3) is 0.0625. The number of anilines is 2. The SMILES string of the molecule is CC(=O)Nc1ccccc1C(=O)C(=O)Nc1cc(Cl)cc(Cl)c1. The van der Waals surface area contributed by atoms with E-state index in [4.69, 9.17) is 23.2 Å². The summed E-state index contributed by atoms with van der Waals surface area (Å²) >= 11 is 11.7. The Morgan fingerprint density at radius 2 is 1.52 bits per heavy atom. The van der Waals surface area contributed by atoms with E-state index in [0.29, 0.717) is 15.7 Å². The fourth-order valence-corrected chi connectivity index (χ4v) is 2.44. The van der Waals surface area contributed by atoms with Crippen LogP contribution in [0.1, 0.15) is 17.3 Å². The number of Topliss-reactive ketones (excluding diaryl/α,β-unsaturated/α-hetero) is 1. The summed E-state index contributed by atoms with van der Waals surface area (Å²) < 4.78 is 0. The molecule has 0 saturated carbocycles. The zero-order valence-electron chi connectivity index (χ0n) is 12.0. The summed E-state index contributed by atoms with van der Waals surface area (Å²) in [6.07, 6.45) is 0. The van der Waals surface area contributed by atoms with Crippen LogP contribution in [0.2, 0.25) is 10.0 Å². The predicted molar refractivity (Wildman–Crippen MR) is 90.2 cm³/mol. The molecule has 118 valence electrons. The second-order valence-corrected chi connectivity index (χ2v) is 5.54. The number of halogens is 2. The molecule has 0 bridgehead atoms. The lowest BCUT2D eigenvalue weighted by Gasteiger charge is -2.09. The maximum atomic E-state index is 12.3. The van der Waals surface area contributed by atoms with Gasteiger partial charge in [-0.3, -0.25) is 14.4 Å². The van der Waals surface area contributed by atoms with E-state index in [9.17, 15) is 14.4 Å². The molecule has 0 aliphatic carbocycles. The van der Waals surface area contributed by atoms with Crippen LogP contribution in [0, 0.1) is 0 Å². The maximum absolute atomic E-state index is 12.3.